The maximum Gasteiger partial charge on any atom is 0.306 e. The summed E-state index contributed by atoms with van der Waals surface area (Å²) >= 11 is 0. The fourth-order valence-electron chi connectivity index (χ4n) is 1.48. The van der Waals surface area contributed by atoms with E-state index >= 15 is 0 Å². The summed E-state index contributed by atoms with van der Waals surface area (Å²) in [6, 6.07) is 0. The highest BCUT2D eigenvalue weighted by Crippen LogP contribution is 2.21. The lowest BCUT2D eigenvalue weighted by molar-refractivity contribution is -0.140. The summed E-state index contributed by atoms with van der Waals surface area (Å²) in [7, 11) is 0. The van der Waals surface area contributed by atoms with Crippen LogP contribution >= 0.6 is 0 Å². The molecule has 0 aliphatic carbocycles. The zero-order chi connectivity index (χ0) is 9.14. The van der Waals surface area contributed by atoms with Crippen molar-refractivity contribution < 1.29 is 9.53 Å². The number of cyclic esters (lactones) is 1. The predicted octanol–water partition coefficient (Wildman–Crippen LogP) is 2.29. The van der Waals surface area contributed by atoms with E-state index in [0.717, 1.165) is 6.42 Å². The van der Waals surface area contributed by atoms with Crippen LogP contribution in [-0.4, -0.2) is 12.1 Å². The van der Waals surface area contributed by atoms with E-state index in [1.54, 1.807) is 0 Å². The van der Waals surface area contributed by atoms with Gasteiger partial charge in [0.2, 0.25) is 0 Å². The molecular weight excluding hydrogens is 152 g/mol. The SMILES string of the molecule is C/C(=C\C(C)C)C1CCC(=O)O1. The van der Waals surface area contributed by atoms with Crippen molar-refractivity contribution in [3.8, 4) is 0 Å². The molecule has 0 aromatic rings. The maximum atomic E-state index is 10.8. The molecule has 0 saturated carbocycles. The van der Waals surface area contributed by atoms with Crippen molar-refractivity contribution >= 4 is 5.97 Å². The molecule has 2 nitrogen and oxygen atoms in total. The van der Waals surface area contributed by atoms with Crippen LogP contribution in [0.3, 0.4) is 0 Å². The smallest absolute Gasteiger partial charge is 0.306 e. The largest absolute Gasteiger partial charge is 0.458 e. The Balaban J connectivity index is 2.53. The molecule has 1 aliphatic rings. The van der Waals surface area contributed by atoms with E-state index in [-0.39, 0.29) is 12.1 Å². The maximum absolute atomic E-state index is 10.8. The highest BCUT2D eigenvalue weighted by Gasteiger charge is 2.24. The minimum absolute atomic E-state index is 0.0555. The molecule has 0 aromatic carbocycles. The van der Waals surface area contributed by atoms with Gasteiger partial charge in [-0.2, -0.15) is 0 Å². The quantitative estimate of drug-likeness (QED) is 0.467. The van der Waals surface area contributed by atoms with Crippen LogP contribution in [0, 0.1) is 5.92 Å². The summed E-state index contributed by atoms with van der Waals surface area (Å²) < 4.78 is 5.12. The predicted molar refractivity (Wildman–Crippen MR) is 47.7 cm³/mol. The summed E-state index contributed by atoms with van der Waals surface area (Å²) in [4.78, 5) is 10.8. The molecule has 2 heteroatoms. The molecule has 0 bridgehead atoms. The second-order valence-electron chi connectivity index (χ2n) is 3.67. The van der Waals surface area contributed by atoms with Gasteiger partial charge in [-0.25, -0.2) is 0 Å². The van der Waals surface area contributed by atoms with E-state index in [1.165, 1.54) is 5.57 Å². The van der Waals surface area contributed by atoms with E-state index < -0.39 is 0 Å². The van der Waals surface area contributed by atoms with Crippen LogP contribution < -0.4 is 0 Å². The van der Waals surface area contributed by atoms with Crippen molar-refractivity contribution in [1.29, 1.82) is 0 Å². The number of carbonyl (C=O) groups is 1. The van der Waals surface area contributed by atoms with Gasteiger partial charge in [-0.1, -0.05) is 19.9 Å². The minimum atomic E-state index is -0.0588. The first-order chi connectivity index (χ1) is 5.59. The summed E-state index contributed by atoms with van der Waals surface area (Å²) in [6.45, 7) is 6.28. The summed E-state index contributed by atoms with van der Waals surface area (Å²) in [5, 5.41) is 0. The molecule has 0 N–H and O–H groups in total. The van der Waals surface area contributed by atoms with Crippen LogP contribution in [0.25, 0.3) is 0 Å². The van der Waals surface area contributed by atoms with Gasteiger partial charge in [0.15, 0.2) is 0 Å². The van der Waals surface area contributed by atoms with Crippen molar-refractivity contribution in [2.45, 2.75) is 39.7 Å². The Morgan fingerprint density at radius 2 is 2.33 bits per heavy atom. The van der Waals surface area contributed by atoms with Crippen molar-refractivity contribution in [2.75, 3.05) is 0 Å². The number of allylic oxidation sites excluding steroid dienone is 1. The summed E-state index contributed by atoms with van der Waals surface area (Å²) in [5.74, 6) is 0.473. The Hall–Kier alpha value is -0.790. The first-order valence-corrected chi connectivity index (χ1v) is 4.47. The van der Waals surface area contributed by atoms with E-state index in [1.807, 2.05) is 6.92 Å². The number of rotatable bonds is 2. The monoisotopic (exact) mass is 168 g/mol. The normalized spacial score (nSPS) is 24.8. The van der Waals surface area contributed by atoms with Gasteiger partial charge in [-0.15, -0.1) is 0 Å². The lowest BCUT2D eigenvalue weighted by atomic mass is 10.0. The van der Waals surface area contributed by atoms with Crippen molar-refractivity contribution in [1.82, 2.24) is 0 Å². The number of hydrogen-bond donors (Lipinski definition) is 0. The molecule has 1 fully saturated rings. The van der Waals surface area contributed by atoms with Crippen molar-refractivity contribution in [2.24, 2.45) is 5.92 Å². The van der Waals surface area contributed by atoms with Crippen LogP contribution in [0.4, 0.5) is 0 Å². The number of hydrogen-bond acceptors (Lipinski definition) is 2. The molecule has 0 amide bonds. The Morgan fingerprint density at radius 1 is 1.67 bits per heavy atom. The van der Waals surface area contributed by atoms with Gasteiger partial charge in [0.05, 0.1) is 0 Å². The van der Waals surface area contributed by atoms with Gasteiger partial charge in [-0.05, 0) is 24.8 Å². The molecule has 0 radical (unpaired) electrons. The molecule has 1 heterocycles. The van der Waals surface area contributed by atoms with Crippen LogP contribution in [0.2, 0.25) is 0 Å². The minimum Gasteiger partial charge on any atom is -0.458 e. The summed E-state index contributed by atoms with van der Waals surface area (Å²) in [6.07, 6.45) is 3.64. The molecule has 1 aliphatic heterocycles. The third kappa shape index (κ3) is 2.36. The van der Waals surface area contributed by atoms with Gasteiger partial charge >= 0.3 is 5.97 Å². The lowest BCUT2D eigenvalue weighted by Gasteiger charge is -2.10. The van der Waals surface area contributed by atoms with Crippen LogP contribution in [0.15, 0.2) is 11.6 Å². The molecule has 1 unspecified atom stereocenters. The molecule has 68 valence electrons. The first-order valence-electron chi connectivity index (χ1n) is 4.47. The van der Waals surface area contributed by atoms with Gasteiger partial charge in [0, 0.05) is 6.42 Å². The molecule has 0 spiro atoms. The zero-order valence-electron chi connectivity index (χ0n) is 7.96. The zero-order valence-corrected chi connectivity index (χ0v) is 7.96. The Bertz CT molecular complexity index is 204. The first kappa shape index (κ1) is 9.30. The lowest BCUT2D eigenvalue weighted by Crippen LogP contribution is -2.08. The van der Waals surface area contributed by atoms with Crippen molar-refractivity contribution in [3.05, 3.63) is 11.6 Å². The molecule has 1 rings (SSSR count). The van der Waals surface area contributed by atoms with E-state index in [9.17, 15) is 4.79 Å². The number of carbonyl (C=O) groups excluding carboxylic acids is 1. The topological polar surface area (TPSA) is 26.3 Å². The van der Waals surface area contributed by atoms with Gasteiger partial charge < -0.3 is 4.74 Å². The Labute approximate surface area is 73.6 Å². The molecular formula is C10H16O2. The molecule has 12 heavy (non-hydrogen) atoms. The fourth-order valence-corrected chi connectivity index (χ4v) is 1.48. The van der Waals surface area contributed by atoms with Crippen LogP contribution in [0.5, 0.6) is 0 Å². The average molecular weight is 168 g/mol. The second kappa shape index (κ2) is 3.74. The second-order valence-corrected chi connectivity index (χ2v) is 3.67. The van der Waals surface area contributed by atoms with Crippen LogP contribution in [0.1, 0.15) is 33.6 Å². The van der Waals surface area contributed by atoms with Gasteiger partial charge in [-0.3, -0.25) is 4.79 Å². The highest BCUT2D eigenvalue weighted by molar-refractivity contribution is 5.72. The highest BCUT2D eigenvalue weighted by atomic mass is 16.5. The number of esters is 1. The summed E-state index contributed by atoms with van der Waals surface area (Å²) in [5.41, 5.74) is 1.19. The Kier molecular flexibility index (Phi) is 2.90. The fraction of sp³-hybridized carbons (Fsp3) is 0.700. The third-order valence-electron chi connectivity index (χ3n) is 1.99. The molecule has 1 saturated heterocycles. The number of ether oxygens (including phenoxy) is 1. The van der Waals surface area contributed by atoms with Gasteiger partial charge in [0.1, 0.15) is 6.10 Å². The van der Waals surface area contributed by atoms with E-state index in [2.05, 4.69) is 19.9 Å². The third-order valence-corrected chi connectivity index (χ3v) is 1.99. The standard InChI is InChI=1S/C10H16O2/c1-7(2)6-8(3)9-4-5-10(11)12-9/h6-7,9H,4-5H2,1-3H3/b8-6+. The van der Waals surface area contributed by atoms with E-state index in [0.29, 0.717) is 12.3 Å². The molecule has 0 aromatic heterocycles. The van der Waals surface area contributed by atoms with Crippen LogP contribution in [-0.2, 0) is 9.53 Å². The Morgan fingerprint density at radius 3 is 2.75 bits per heavy atom. The van der Waals surface area contributed by atoms with E-state index in [4.69, 9.17) is 4.74 Å². The van der Waals surface area contributed by atoms with Gasteiger partial charge in [0.25, 0.3) is 0 Å². The average Bonchev–Trinajstić information content (AvgIpc) is 2.34. The molecule has 1 atom stereocenters. The van der Waals surface area contributed by atoms with Crippen molar-refractivity contribution in [3.63, 3.8) is 0 Å².